The monoisotopic (exact) mass is 340 g/mol. The Bertz CT molecular complexity index is 731. The highest BCUT2D eigenvalue weighted by Crippen LogP contribution is 2.35. The summed E-state index contributed by atoms with van der Waals surface area (Å²) in [4.78, 5) is -0.194. The molecule has 9 heteroatoms. The number of anilines is 2. The van der Waals surface area contributed by atoms with Gasteiger partial charge in [0.15, 0.2) is 0 Å². The number of nitrogen functional groups attached to an aromatic ring is 1. The van der Waals surface area contributed by atoms with Crippen molar-refractivity contribution >= 4 is 55.9 Å². The molecule has 4 nitrogen and oxygen atoms in total. The van der Waals surface area contributed by atoms with Gasteiger partial charge < -0.3 is 5.73 Å². The van der Waals surface area contributed by atoms with Crippen LogP contribution in [0, 0.1) is 5.82 Å². The van der Waals surface area contributed by atoms with E-state index >= 15 is 0 Å². The summed E-state index contributed by atoms with van der Waals surface area (Å²) >= 11 is 12.4. The molecule has 2 aromatic rings. The van der Waals surface area contributed by atoms with Crippen LogP contribution in [0.25, 0.3) is 0 Å². The van der Waals surface area contributed by atoms with Crippen molar-refractivity contribution in [2.75, 3.05) is 10.5 Å². The Morgan fingerprint density at radius 3 is 2.47 bits per heavy atom. The largest absolute Gasteiger partial charge is 0.399 e. The van der Waals surface area contributed by atoms with E-state index in [0.717, 1.165) is 17.4 Å². The van der Waals surface area contributed by atoms with Crippen LogP contribution in [0.4, 0.5) is 15.8 Å². The van der Waals surface area contributed by atoms with Gasteiger partial charge in [0.05, 0.1) is 10.0 Å². The number of sulfonamides is 1. The predicted molar refractivity (Wildman–Crippen MR) is 76.0 cm³/mol. The van der Waals surface area contributed by atoms with Crippen LogP contribution in [0.5, 0.6) is 0 Å². The smallest absolute Gasteiger partial charge is 0.264 e. The number of benzene rings is 1. The van der Waals surface area contributed by atoms with Crippen molar-refractivity contribution in [1.82, 2.24) is 0 Å². The van der Waals surface area contributed by atoms with E-state index < -0.39 is 15.8 Å². The second-order valence-electron chi connectivity index (χ2n) is 3.53. The molecule has 0 saturated heterocycles. The molecule has 0 amide bonds. The first-order valence-corrected chi connectivity index (χ1v) is 7.88. The Hall–Kier alpha value is -1.02. The summed E-state index contributed by atoms with van der Waals surface area (Å²) < 4.78 is 39.9. The highest BCUT2D eigenvalue weighted by molar-refractivity contribution is 7.93. The second kappa shape index (κ2) is 5.16. The molecule has 0 aliphatic heterocycles. The quantitative estimate of drug-likeness (QED) is 0.838. The van der Waals surface area contributed by atoms with Crippen LogP contribution in [-0.4, -0.2) is 8.42 Å². The maximum atomic E-state index is 13.5. The van der Waals surface area contributed by atoms with Gasteiger partial charge in [-0.3, -0.25) is 4.72 Å². The molecule has 1 aromatic carbocycles. The van der Waals surface area contributed by atoms with Gasteiger partial charge in [-0.2, -0.15) is 0 Å². The third kappa shape index (κ3) is 3.11. The maximum absolute atomic E-state index is 13.5. The molecule has 0 aliphatic carbocycles. The molecule has 0 spiro atoms. The van der Waals surface area contributed by atoms with E-state index in [1.54, 1.807) is 0 Å². The van der Waals surface area contributed by atoms with E-state index in [4.69, 9.17) is 28.9 Å². The van der Waals surface area contributed by atoms with Crippen LogP contribution in [0.3, 0.4) is 0 Å². The van der Waals surface area contributed by atoms with Gasteiger partial charge in [0.2, 0.25) is 0 Å². The van der Waals surface area contributed by atoms with Crippen molar-refractivity contribution in [2.45, 2.75) is 4.90 Å². The van der Waals surface area contributed by atoms with E-state index in [1.165, 1.54) is 18.2 Å². The van der Waals surface area contributed by atoms with Gasteiger partial charge in [-0.15, -0.1) is 11.3 Å². The molecule has 3 N–H and O–H groups in total. The van der Waals surface area contributed by atoms with Crippen LogP contribution < -0.4 is 10.5 Å². The van der Waals surface area contributed by atoms with Crippen molar-refractivity contribution in [1.29, 1.82) is 0 Å². The minimum Gasteiger partial charge on any atom is -0.399 e. The first kappa shape index (κ1) is 14.4. The standard InChI is InChI=1S/C10H7Cl2FN2O2S2/c11-9-4-8(10(12)18-9)19(16,17)15-7-2-1-5(14)3-6(7)13/h1-4,15H,14H2. The minimum absolute atomic E-state index is 0.00773. The molecule has 0 bridgehead atoms. The summed E-state index contributed by atoms with van der Waals surface area (Å²) in [5.41, 5.74) is 5.35. The van der Waals surface area contributed by atoms with Gasteiger partial charge in [0.25, 0.3) is 10.0 Å². The van der Waals surface area contributed by atoms with Crippen molar-refractivity contribution in [3.05, 3.63) is 38.8 Å². The fourth-order valence-corrected chi connectivity index (χ4v) is 4.54. The van der Waals surface area contributed by atoms with Gasteiger partial charge in [-0.25, -0.2) is 12.8 Å². The molecule has 0 fully saturated rings. The first-order valence-electron chi connectivity index (χ1n) is 4.82. The molecule has 1 heterocycles. The lowest BCUT2D eigenvalue weighted by atomic mass is 10.3. The molecule has 102 valence electrons. The molecule has 0 unspecified atom stereocenters. The van der Waals surface area contributed by atoms with E-state index in [2.05, 4.69) is 4.72 Å². The Balaban J connectivity index is 2.39. The maximum Gasteiger partial charge on any atom is 0.264 e. The van der Waals surface area contributed by atoms with E-state index in [1.807, 2.05) is 0 Å². The van der Waals surface area contributed by atoms with E-state index in [-0.39, 0.29) is 24.9 Å². The Morgan fingerprint density at radius 2 is 1.95 bits per heavy atom. The van der Waals surface area contributed by atoms with E-state index in [9.17, 15) is 12.8 Å². The van der Waals surface area contributed by atoms with E-state index in [0.29, 0.717) is 0 Å². The van der Waals surface area contributed by atoms with Crippen molar-refractivity contribution in [2.24, 2.45) is 0 Å². The molecule has 1 aromatic heterocycles. The third-order valence-electron chi connectivity index (χ3n) is 2.15. The van der Waals surface area contributed by atoms with Crippen molar-refractivity contribution < 1.29 is 12.8 Å². The predicted octanol–water partition coefficient (Wildman–Crippen LogP) is 3.58. The van der Waals surface area contributed by atoms with Crippen LogP contribution in [0.2, 0.25) is 8.67 Å². The first-order chi connectivity index (χ1) is 8.79. The molecule has 0 aliphatic rings. The number of nitrogens with one attached hydrogen (secondary N) is 1. The number of hydrogen-bond acceptors (Lipinski definition) is 4. The van der Waals surface area contributed by atoms with Crippen molar-refractivity contribution in [3.63, 3.8) is 0 Å². The zero-order valence-electron chi connectivity index (χ0n) is 9.15. The van der Waals surface area contributed by atoms with Crippen LogP contribution in [0.1, 0.15) is 0 Å². The molecule has 0 saturated carbocycles. The Kier molecular flexibility index (Phi) is 3.91. The Morgan fingerprint density at radius 1 is 1.26 bits per heavy atom. The Labute approximate surface area is 123 Å². The normalized spacial score (nSPS) is 11.5. The highest BCUT2D eigenvalue weighted by Gasteiger charge is 2.22. The number of thiophene rings is 1. The van der Waals surface area contributed by atoms with Gasteiger partial charge in [0.1, 0.15) is 15.0 Å². The van der Waals surface area contributed by atoms with Gasteiger partial charge >= 0.3 is 0 Å². The average molecular weight is 341 g/mol. The van der Waals surface area contributed by atoms with Gasteiger partial charge in [0, 0.05) is 5.69 Å². The summed E-state index contributed by atoms with van der Waals surface area (Å²) in [6.45, 7) is 0. The fourth-order valence-electron chi connectivity index (χ4n) is 1.32. The summed E-state index contributed by atoms with van der Waals surface area (Å²) in [5.74, 6) is -0.777. The lowest BCUT2D eigenvalue weighted by molar-refractivity contribution is 0.599. The molecular weight excluding hydrogens is 334 g/mol. The average Bonchev–Trinajstić information content (AvgIpc) is 2.63. The summed E-state index contributed by atoms with van der Waals surface area (Å²) in [6.07, 6.45) is 0. The summed E-state index contributed by atoms with van der Waals surface area (Å²) in [6, 6.07) is 4.82. The number of hydrogen-bond donors (Lipinski definition) is 2. The van der Waals surface area contributed by atoms with Crippen LogP contribution in [0.15, 0.2) is 29.2 Å². The molecule has 0 radical (unpaired) electrons. The molecule has 0 atom stereocenters. The zero-order valence-corrected chi connectivity index (χ0v) is 12.3. The number of nitrogens with two attached hydrogens (primary N) is 1. The number of rotatable bonds is 3. The lowest BCUT2D eigenvalue weighted by Crippen LogP contribution is -2.13. The molecular formula is C10H7Cl2FN2O2S2. The number of halogens is 3. The molecule has 19 heavy (non-hydrogen) atoms. The summed E-state index contributed by atoms with van der Waals surface area (Å²) in [5, 5.41) is 0. The van der Waals surface area contributed by atoms with Crippen LogP contribution >= 0.6 is 34.5 Å². The lowest BCUT2D eigenvalue weighted by Gasteiger charge is -2.08. The highest BCUT2D eigenvalue weighted by atomic mass is 35.5. The summed E-state index contributed by atoms with van der Waals surface area (Å²) in [7, 11) is -4.00. The van der Waals surface area contributed by atoms with Gasteiger partial charge in [-0.05, 0) is 24.3 Å². The topological polar surface area (TPSA) is 72.2 Å². The van der Waals surface area contributed by atoms with Gasteiger partial charge in [-0.1, -0.05) is 23.2 Å². The molecule has 2 rings (SSSR count). The minimum atomic E-state index is -4.00. The second-order valence-corrected chi connectivity index (χ2v) is 7.47. The SMILES string of the molecule is Nc1ccc(NS(=O)(=O)c2cc(Cl)sc2Cl)c(F)c1. The fraction of sp³-hybridized carbons (Fsp3) is 0. The van der Waals surface area contributed by atoms with Crippen LogP contribution in [-0.2, 0) is 10.0 Å². The third-order valence-corrected chi connectivity index (χ3v) is 5.27. The zero-order chi connectivity index (χ0) is 14.2. The van der Waals surface area contributed by atoms with Crippen molar-refractivity contribution in [3.8, 4) is 0 Å².